The lowest BCUT2D eigenvalue weighted by atomic mass is 9.87. The molecule has 4 rings (SSSR count). The number of amides is 2. The second-order valence-electron chi connectivity index (χ2n) is 7.59. The molecule has 32 heavy (non-hydrogen) atoms. The third-order valence-electron chi connectivity index (χ3n) is 5.70. The number of rotatable bonds is 7. The van der Waals surface area contributed by atoms with Crippen molar-refractivity contribution in [3.63, 3.8) is 0 Å². The van der Waals surface area contributed by atoms with Crippen molar-refractivity contribution in [3.05, 3.63) is 76.2 Å². The Balaban J connectivity index is 1.61. The monoisotopic (exact) mass is 451 g/mol. The van der Waals surface area contributed by atoms with Crippen LogP contribution in [0.5, 0.6) is 11.5 Å². The standard InChI is InChI=1S/C24H25N3O4S/c1-30-17-7-8-21(31-2)18(11-17)19-14-27(24(29)22-6-4-10-32-22)15-20(19)23(28)26-13-16-5-3-9-25-12-16/h3-12,19-20H,13-15H2,1-2H3,(H,26,28). The summed E-state index contributed by atoms with van der Waals surface area (Å²) in [7, 11) is 3.21. The Bertz CT molecular complexity index is 1070. The van der Waals surface area contributed by atoms with Crippen molar-refractivity contribution in [1.82, 2.24) is 15.2 Å². The van der Waals surface area contributed by atoms with Gasteiger partial charge in [-0.3, -0.25) is 14.6 Å². The first kappa shape index (κ1) is 21.8. The SMILES string of the molecule is COc1ccc(OC)c(C2CN(C(=O)c3cccs3)CC2C(=O)NCc2cccnc2)c1. The van der Waals surface area contributed by atoms with Crippen LogP contribution in [-0.4, -0.2) is 49.0 Å². The number of benzene rings is 1. The van der Waals surface area contributed by atoms with Crippen molar-refractivity contribution in [1.29, 1.82) is 0 Å². The summed E-state index contributed by atoms with van der Waals surface area (Å²) < 4.78 is 11.0. The van der Waals surface area contributed by atoms with Crippen LogP contribution >= 0.6 is 11.3 Å². The smallest absolute Gasteiger partial charge is 0.263 e. The van der Waals surface area contributed by atoms with Crippen LogP contribution in [0.4, 0.5) is 0 Å². The zero-order chi connectivity index (χ0) is 22.5. The number of nitrogens with one attached hydrogen (secondary N) is 1. The van der Waals surface area contributed by atoms with Gasteiger partial charge in [0.25, 0.3) is 5.91 Å². The predicted octanol–water partition coefficient (Wildman–Crippen LogP) is 3.33. The Labute approximate surface area is 191 Å². The molecule has 166 valence electrons. The molecule has 1 aromatic carbocycles. The summed E-state index contributed by atoms with van der Waals surface area (Å²) in [5.41, 5.74) is 1.77. The molecule has 1 aliphatic heterocycles. The van der Waals surface area contributed by atoms with Crippen LogP contribution in [0.25, 0.3) is 0 Å². The molecule has 1 fully saturated rings. The number of thiophene rings is 1. The summed E-state index contributed by atoms with van der Waals surface area (Å²) in [6.45, 7) is 1.13. The van der Waals surface area contributed by atoms with Gasteiger partial charge in [-0.1, -0.05) is 12.1 Å². The number of ether oxygens (including phenoxy) is 2. The lowest BCUT2D eigenvalue weighted by Gasteiger charge is -2.21. The molecule has 3 heterocycles. The highest BCUT2D eigenvalue weighted by molar-refractivity contribution is 7.12. The molecule has 8 heteroatoms. The molecule has 2 unspecified atom stereocenters. The number of hydrogen-bond donors (Lipinski definition) is 1. The molecule has 2 amide bonds. The quantitative estimate of drug-likeness (QED) is 0.596. The number of hydrogen-bond acceptors (Lipinski definition) is 6. The zero-order valence-corrected chi connectivity index (χ0v) is 18.8. The Hall–Kier alpha value is -3.39. The van der Waals surface area contributed by atoms with Crippen molar-refractivity contribution in [2.45, 2.75) is 12.5 Å². The van der Waals surface area contributed by atoms with Crippen molar-refractivity contribution in [2.24, 2.45) is 5.92 Å². The van der Waals surface area contributed by atoms with E-state index in [1.807, 2.05) is 47.8 Å². The lowest BCUT2D eigenvalue weighted by Crippen LogP contribution is -2.35. The predicted molar refractivity (Wildman–Crippen MR) is 122 cm³/mol. The first-order chi connectivity index (χ1) is 15.6. The minimum absolute atomic E-state index is 0.0607. The van der Waals surface area contributed by atoms with Gasteiger partial charge in [-0.25, -0.2) is 0 Å². The number of aromatic nitrogens is 1. The van der Waals surface area contributed by atoms with Gasteiger partial charge in [0.1, 0.15) is 11.5 Å². The molecule has 1 saturated heterocycles. The van der Waals surface area contributed by atoms with Gasteiger partial charge in [-0.05, 0) is 41.3 Å². The first-order valence-electron chi connectivity index (χ1n) is 10.3. The van der Waals surface area contributed by atoms with Crippen LogP contribution in [0.1, 0.15) is 26.7 Å². The van der Waals surface area contributed by atoms with E-state index in [0.717, 1.165) is 11.1 Å². The van der Waals surface area contributed by atoms with E-state index in [9.17, 15) is 9.59 Å². The van der Waals surface area contributed by atoms with Crippen molar-refractivity contribution in [2.75, 3.05) is 27.3 Å². The summed E-state index contributed by atoms with van der Waals surface area (Å²) in [5, 5.41) is 4.89. The Morgan fingerprint density at radius 3 is 2.72 bits per heavy atom. The largest absolute Gasteiger partial charge is 0.497 e. The van der Waals surface area contributed by atoms with E-state index in [2.05, 4.69) is 10.3 Å². The molecule has 1 aliphatic rings. The summed E-state index contributed by atoms with van der Waals surface area (Å²) >= 11 is 1.40. The van der Waals surface area contributed by atoms with Gasteiger partial charge in [0.15, 0.2) is 0 Å². The fourth-order valence-electron chi connectivity index (χ4n) is 4.06. The fourth-order valence-corrected chi connectivity index (χ4v) is 4.75. The first-order valence-corrected chi connectivity index (χ1v) is 11.2. The maximum absolute atomic E-state index is 13.3. The molecular formula is C24H25N3O4S. The van der Waals surface area contributed by atoms with E-state index in [-0.39, 0.29) is 17.7 Å². The van der Waals surface area contributed by atoms with Crippen LogP contribution in [-0.2, 0) is 11.3 Å². The molecule has 0 saturated carbocycles. The van der Waals surface area contributed by atoms with Gasteiger partial charge in [-0.15, -0.1) is 11.3 Å². The summed E-state index contributed by atoms with van der Waals surface area (Å²) in [6.07, 6.45) is 3.42. The van der Waals surface area contributed by atoms with E-state index in [1.165, 1.54) is 11.3 Å². The molecule has 0 radical (unpaired) electrons. The van der Waals surface area contributed by atoms with E-state index in [0.29, 0.717) is 36.0 Å². The maximum atomic E-state index is 13.3. The number of likely N-dealkylation sites (tertiary alicyclic amines) is 1. The summed E-state index contributed by atoms with van der Waals surface area (Å²) in [6, 6.07) is 13.0. The Morgan fingerprint density at radius 2 is 2.03 bits per heavy atom. The summed E-state index contributed by atoms with van der Waals surface area (Å²) in [5.74, 6) is 0.540. The number of carbonyl (C=O) groups is 2. The van der Waals surface area contributed by atoms with Gasteiger partial charge in [-0.2, -0.15) is 0 Å². The van der Waals surface area contributed by atoms with Crippen LogP contribution < -0.4 is 14.8 Å². The average Bonchev–Trinajstić information content (AvgIpc) is 3.53. The van der Waals surface area contributed by atoms with Crippen LogP contribution in [0.15, 0.2) is 60.2 Å². The van der Waals surface area contributed by atoms with E-state index < -0.39 is 5.92 Å². The zero-order valence-electron chi connectivity index (χ0n) is 18.0. The van der Waals surface area contributed by atoms with Crippen molar-refractivity contribution in [3.8, 4) is 11.5 Å². The lowest BCUT2D eigenvalue weighted by molar-refractivity contribution is -0.125. The second kappa shape index (κ2) is 9.82. The molecule has 1 N–H and O–H groups in total. The Kier molecular flexibility index (Phi) is 6.70. The molecule has 3 aromatic rings. The molecule has 2 atom stereocenters. The van der Waals surface area contributed by atoms with Gasteiger partial charge in [0.2, 0.25) is 5.91 Å². The third kappa shape index (κ3) is 4.60. The molecule has 0 bridgehead atoms. The van der Waals surface area contributed by atoms with Crippen LogP contribution in [0, 0.1) is 5.92 Å². The average molecular weight is 452 g/mol. The molecule has 0 aliphatic carbocycles. The minimum atomic E-state index is -0.420. The molecule has 7 nitrogen and oxygen atoms in total. The highest BCUT2D eigenvalue weighted by Crippen LogP contribution is 2.40. The van der Waals surface area contributed by atoms with E-state index >= 15 is 0 Å². The normalized spacial score (nSPS) is 17.8. The van der Waals surface area contributed by atoms with E-state index in [4.69, 9.17) is 9.47 Å². The van der Waals surface area contributed by atoms with E-state index in [1.54, 1.807) is 31.5 Å². The molecular weight excluding hydrogens is 426 g/mol. The van der Waals surface area contributed by atoms with Crippen molar-refractivity contribution >= 4 is 23.2 Å². The highest BCUT2D eigenvalue weighted by atomic mass is 32.1. The van der Waals surface area contributed by atoms with Gasteiger partial charge < -0.3 is 19.7 Å². The molecule has 0 spiro atoms. The number of methoxy groups -OCH3 is 2. The van der Waals surface area contributed by atoms with Gasteiger partial charge >= 0.3 is 0 Å². The number of nitrogens with zero attached hydrogens (tertiary/aromatic N) is 2. The second-order valence-corrected chi connectivity index (χ2v) is 8.54. The Morgan fingerprint density at radius 1 is 1.16 bits per heavy atom. The van der Waals surface area contributed by atoms with Crippen LogP contribution in [0.3, 0.4) is 0 Å². The fraction of sp³-hybridized carbons (Fsp3) is 0.292. The minimum Gasteiger partial charge on any atom is -0.497 e. The van der Waals surface area contributed by atoms with Crippen LogP contribution in [0.2, 0.25) is 0 Å². The van der Waals surface area contributed by atoms with Gasteiger partial charge in [0, 0.05) is 43.5 Å². The molecule has 2 aromatic heterocycles. The van der Waals surface area contributed by atoms with Crippen molar-refractivity contribution < 1.29 is 19.1 Å². The summed E-state index contributed by atoms with van der Waals surface area (Å²) in [4.78, 5) is 32.8. The maximum Gasteiger partial charge on any atom is 0.263 e. The highest BCUT2D eigenvalue weighted by Gasteiger charge is 2.42. The number of pyridine rings is 1. The number of carbonyl (C=O) groups excluding carboxylic acids is 2. The van der Waals surface area contributed by atoms with Gasteiger partial charge in [0.05, 0.1) is 25.0 Å². The third-order valence-corrected chi connectivity index (χ3v) is 6.56. The topological polar surface area (TPSA) is 80.8 Å².